The van der Waals surface area contributed by atoms with E-state index in [0.717, 1.165) is 22.6 Å². The van der Waals surface area contributed by atoms with Crippen molar-refractivity contribution >= 4 is 17.3 Å². The molecule has 0 spiro atoms. The number of thiazole rings is 1. The summed E-state index contributed by atoms with van der Waals surface area (Å²) in [5.74, 6) is -0.895. The number of hydrogen-bond acceptors (Lipinski definition) is 3. The fraction of sp³-hybridized carbons (Fsp3) is 0.333. The van der Waals surface area contributed by atoms with Crippen molar-refractivity contribution in [3.63, 3.8) is 0 Å². The minimum absolute atomic E-state index is 0.0455. The van der Waals surface area contributed by atoms with E-state index in [1.165, 1.54) is 16.9 Å². The monoisotopic (exact) mass is 291 g/mol. The van der Waals surface area contributed by atoms with Crippen LogP contribution in [0.3, 0.4) is 0 Å². The van der Waals surface area contributed by atoms with Gasteiger partial charge in [-0.1, -0.05) is 42.5 Å². The van der Waals surface area contributed by atoms with Gasteiger partial charge in [-0.05, 0) is 24.5 Å². The first-order chi connectivity index (χ1) is 9.52. The molecule has 2 rings (SSSR count). The second-order valence-corrected chi connectivity index (χ2v) is 5.78. The summed E-state index contributed by atoms with van der Waals surface area (Å²) >= 11 is 1.17. The number of aryl methyl sites for hydroxylation is 2. The normalized spacial score (nSPS) is 10.7. The third kappa shape index (κ3) is 2.99. The zero-order chi connectivity index (χ0) is 14.7. The third-order valence-electron chi connectivity index (χ3n) is 3.25. The van der Waals surface area contributed by atoms with Crippen molar-refractivity contribution in [1.82, 2.24) is 4.57 Å². The maximum absolute atomic E-state index is 12.0. The Balaban J connectivity index is 2.43. The van der Waals surface area contributed by atoms with Gasteiger partial charge >= 0.3 is 10.8 Å². The Labute approximate surface area is 121 Å². The fourth-order valence-electron chi connectivity index (χ4n) is 2.18. The van der Waals surface area contributed by atoms with E-state index < -0.39 is 5.97 Å². The number of hydrogen-bond donors (Lipinski definition) is 1. The first kappa shape index (κ1) is 14.5. The minimum Gasteiger partial charge on any atom is -0.481 e. The molecule has 0 bridgehead atoms. The Kier molecular flexibility index (Phi) is 4.39. The maximum atomic E-state index is 12.0. The molecular weight excluding hydrogens is 274 g/mol. The highest BCUT2D eigenvalue weighted by Gasteiger charge is 2.14. The molecular formula is C15H17NO3S. The lowest BCUT2D eigenvalue weighted by Gasteiger charge is -2.08. The van der Waals surface area contributed by atoms with E-state index in [9.17, 15) is 9.59 Å². The molecule has 1 N–H and O–H groups in total. The van der Waals surface area contributed by atoms with E-state index in [1.807, 2.05) is 31.2 Å². The van der Waals surface area contributed by atoms with Gasteiger partial charge in [-0.3, -0.25) is 14.2 Å². The Bertz CT molecular complexity index is 667. The van der Waals surface area contributed by atoms with E-state index in [0.29, 0.717) is 0 Å². The number of carboxylic acids is 1. The number of benzene rings is 1. The van der Waals surface area contributed by atoms with Crippen LogP contribution in [0, 0.1) is 6.92 Å². The summed E-state index contributed by atoms with van der Waals surface area (Å²) < 4.78 is 1.56. The minimum atomic E-state index is -0.895. The smallest absolute Gasteiger partial charge is 0.307 e. The molecule has 20 heavy (non-hydrogen) atoms. The van der Waals surface area contributed by atoms with Crippen LogP contribution in [0.4, 0.5) is 0 Å². The van der Waals surface area contributed by atoms with Gasteiger partial charge in [0.25, 0.3) is 0 Å². The molecule has 0 aliphatic heterocycles. The highest BCUT2D eigenvalue weighted by molar-refractivity contribution is 7.09. The van der Waals surface area contributed by atoms with Crippen molar-refractivity contribution in [2.45, 2.75) is 33.2 Å². The Hall–Kier alpha value is -1.88. The highest BCUT2D eigenvalue weighted by atomic mass is 32.1. The molecule has 2 aromatic rings. The van der Waals surface area contributed by atoms with Crippen LogP contribution >= 0.6 is 11.3 Å². The molecule has 0 fully saturated rings. The molecule has 0 radical (unpaired) electrons. The average Bonchev–Trinajstić information content (AvgIpc) is 2.70. The van der Waals surface area contributed by atoms with Crippen LogP contribution in [0.1, 0.15) is 23.8 Å². The Morgan fingerprint density at radius 1 is 1.30 bits per heavy atom. The molecule has 5 heteroatoms. The standard InChI is InChI=1S/C15H17NO3S/c1-3-11-4-6-12(7-5-11)14-10(2)20-15(19)16(14)9-8-13(17)18/h4-7H,3,8-9H2,1-2H3,(H,17,18). The highest BCUT2D eigenvalue weighted by Crippen LogP contribution is 2.25. The zero-order valence-corrected chi connectivity index (χ0v) is 12.4. The van der Waals surface area contributed by atoms with Crippen molar-refractivity contribution < 1.29 is 9.90 Å². The van der Waals surface area contributed by atoms with Gasteiger partial charge in [0, 0.05) is 11.4 Å². The number of carboxylic acid groups (broad SMARTS) is 1. The Morgan fingerprint density at radius 2 is 1.95 bits per heavy atom. The summed E-state index contributed by atoms with van der Waals surface area (Å²) in [6, 6.07) is 8.06. The summed E-state index contributed by atoms with van der Waals surface area (Å²) in [6.07, 6.45) is 0.921. The molecule has 0 aliphatic rings. The first-order valence-electron chi connectivity index (χ1n) is 6.54. The summed E-state index contributed by atoms with van der Waals surface area (Å²) in [4.78, 5) is 23.5. The topological polar surface area (TPSA) is 59.3 Å². The predicted octanol–water partition coefficient (Wildman–Crippen LogP) is 2.92. The SMILES string of the molecule is CCc1ccc(-c2c(C)sc(=O)n2CCC(=O)O)cc1. The van der Waals surface area contributed by atoms with Crippen molar-refractivity contribution in [1.29, 1.82) is 0 Å². The summed E-state index contributed by atoms with van der Waals surface area (Å²) in [5, 5.41) is 8.79. The number of nitrogens with zero attached hydrogens (tertiary/aromatic N) is 1. The predicted molar refractivity (Wildman–Crippen MR) is 80.4 cm³/mol. The van der Waals surface area contributed by atoms with Crippen LogP contribution in [-0.4, -0.2) is 15.6 Å². The van der Waals surface area contributed by atoms with E-state index in [1.54, 1.807) is 4.57 Å². The van der Waals surface area contributed by atoms with Crippen LogP contribution in [0.2, 0.25) is 0 Å². The summed E-state index contributed by atoms with van der Waals surface area (Å²) in [5.41, 5.74) is 3.04. The van der Waals surface area contributed by atoms with Crippen LogP contribution < -0.4 is 4.87 Å². The van der Waals surface area contributed by atoms with Gasteiger partial charge in [-0.2, -0.15) is 0 Å². The van der Waals surface area contributed by atoms with Crippen LogP contribution in [0.25, 0.3) is 11.3 Å². The quantitative estimate of drug-likeness (QED) is 0.921. The zero-order valence-electron chi connectivity index (χ0n) is 11.5. The molecule has 4 nitrogen and oxygen atoms in total. The van der Waals surface area contributed by atoms with Crippen LogP contribution in [-0.2, 0) is 17.8 Å². The van der Waals surface area contributed by atoms with E-state index in [4.69, 9.17) is 5.11 Å². The van der Waals surface area contributed by atoms with Crippen molar-refractivity contribution in [2.75, 3.05) is 0 Å². The molecule has 0 atom stereocenters. The lowest BCUT2D eigenvalue weighted by atomic mass is 10.1. The van der Waals surface area contributed by atoms with Crippen molar-refractivity contribution in [3.8, 4) is 11.3 Å². The molecule has 1 aromatic carbocycles. The fourth-order valence-corrected chi connectivity index (χ4v) is 3.06. The summed E-state index contributed by atoms with van der Waals surface area (Å²) in [6.45, 7) is 4.20. The second kappa shape index (κ2) is 6.05. The number of carbonyl (C=O) groups is 1. The van der Waals surface area contributed by atoms with E-state index >= 15 is 0 Å². The lowest BCUT2D eigenvalue weighted by Crippen LogP contribution is -2.16. The van der Waals surface area contributed by atoms with Crippen LogP contribution in [0.15, 0.2) is 29.1 Å². The van der Waals surface area contributed by atoms with Gasteiger partial charge in [0.05, 0.1) is 12.1 Å². The lowest BCUT2D eigenvalue weighted by molar-refractivity contribution is -0.137. The van der Waals surface area contributed by atoms with Crippen LogP contribution in [0.5, 0.6) is 0 Å². The van der Waals surface area contributed by atoms with E-state index in [2.05, 4.69) is 6.92 Å². The number of aromatic nitrogens is 1. The molecule has 0 unspecified atom stereocenters. The molecule has 106 valence electrons. The van der Waals surface area contributed by atoms with Gasteiger partial charge in [0.2, 0.25) is 0 Å². The second-order valence-electron chi connectivity index (χ2n) is 4.62. The largest absolute Gasteiger partial charge is 0.481 e. The van der Waals surface area contributed by atoms with Gasteiger partial charge in [-0.25, -0.2) is 0 Å². The molecule has 0 saturated heterocycles. The Morgan fingerprint density at radius 3 is 2.50 bits per heavy atom. The molecule has 1 heterocycles. The summed E-state index contributed by atoms with van der Waals surface area (Å²) in [7, 11) is 0. The van der Waals surface area contributed by atoms with Gasteiger partial charge < -0.3 is 5.11 Å². The average molecular weight is 291 g/mol. The number of rotatable bonds is 5. The van der Waals surface area contributed by atoms with Gasteiger partial charge in [0.1, 0.15) is 0 Å². The van der Waals surface area contributed by atoms with E-state index in [-0.39, 0.29) is 17.8 Å². The molecule has 0 amide bonds. The molecule has 1 aromatic heterocycles. The first-order valence-corrected chi connectivity index (χ1v) is 7.36. The van der Waals surface area contributed by atoms with Crippen molar-refractivity contribution in [3.05, 3.63) is 44.4 Å². The molecule has 0 saturated carbocycles. The maximum Gasteiger partial charge on any atom is 0.307 e. The van der Waals surface area contributed by atoms with Crippen molar-refractivity contribution in [2.24, 2.45) is 0 Å². The third-order valence-corrected chi connectivity index (χ3v) is 4.14. The number of aliphatic carboxylic acids is 1. The van der Waals surface area contributed by atoms with Gasteiger partial charge in [0.15, 0.2) is 0 Å². The molecule has 0 aliphatic carbocycles. The van der Waals surface area contributed by atoms with Gasteiger partial charge in [-0.15, -0.1) is 0 Å².